The van der Waals surface area contributed by atoms with Crippen LogP contribution < -0.4 is 5.32 Å². The third kappa shape index (κ3) is 3.51. The van der Waals surface area contributed by atoms with Crippen molar-refractivity contribution in [1.29, 1.82) is 0 Å². The Morgan fingerprint density at radius 1 is 1.45 bits per heavy atom. The molecule has 110 valence electrons. The second-order valence-electron chi connectivity index (χ2n) is 4.92. The average molecular weight is 356 g/mol. The van der Waals surface area contributed by atoms with Crippen LogP contribution in [0.4, 0.5) is 0 Å². The van der Waals surface area contributed by atoms with Crippen LogP contribution in [0.25, 0.3) is 0 Å². The first kappa shape index (κ1) is 15.7. The lowest BCUT2D eigenvalue weighted by atomic mass is 10.1. The van der Waals surface area contributed by atoms with Crippen LogP contribution in [0.15, 0.2) is 22.0 Å². The second kappa shape index (κ2) is 7.38. The van der Waals surface area contributed by atoms with E-state index in [-0.39, 0.29) is 0 Å². The van der Waals surface area contributed by atoms with Gasteiger partial charge in [-0.15, -0.1) is 11.3 Å². The Bertz CT molecular complexity index is 534. The number of thiophene rings is 1. The molecule has 2 aromatic rings. The van der Waals surface area contributed by atoms with Gasteiger partial charge in [-0.3, -0.25) is 4.68 Å². The Kier molecular flexibility index (Phi) is 5.81. The lowest BCUT2D eigenvalue weighted by Gasteiger charge is -2.17. The third-order valence-corrected chi connectivity index (χ3v) is 5.38. The molecule has 1 atom stereocenters. The van der Waals surface area contributed by atoms with Crippen LogP contribution in [-0.2, 0) is 20.0 Å². The molecule has 20 heavy (non-hydrogen) atoms. The number of aryl methyl sites for hydroxylation is 2. The summed E-state index contributed by atoms with van der Waals surface area (Å²) in [7, 11) is 2.01. The topological polar surface area (TPSA) is 29.9 Å². The normalized spacial score (nSPS) is 12.8. The van der Waals surface area contributed by atoms with E-state index in [1.807, 2.05) is 23.1 Å². The molecule has 0 aliphatic heterocycles. The molecular formula is C15H22BrN3S. The van der Waals surface area contributed by atoms with E-state index in [0.717, 1.165) is 29.6 Å². The Hall–Kier alpha value is -0.650. The summed E-state index contributed by atoms with van der Waals surface area (Å²) in [5.74, 6) is 0. The van der Waals surface area contributed by atoms with Gasteiger partial charge in [0.25, 0.3) is 0 Å². The predicted molar refractivity (Wildman–Crippen MR) is 89.1 cm³/mol. The Labute approximate surface area is 133 Å². The third-order valence-electron chi connectivity index (χ3n) is 3.48. The maximum Gasteiger partial charge on any atom is 0.0767 e. The van der Waals surface area contributed by atoms with Gasteiger partial charge < -0.3 is 5.32 Å². The zero-order valence-corrected chi connectivity index (χ0v) is 14.7. The second-order valence-corrected chi connectivity index (χ2v) is 6.69. The van der Waals surface area contributed by atoms with Gasteiger partial charge in [0.15, 0.2) is 0 Å². The standard InChI is InChI=1S/C15H22BrN3S/c1-4-7-12(14-8-6-9-20-14)17-10-13-15(16)11(5-2)18-19(13)3/h6,8-9,12,17H,4-5,7,10H2,1-3H3. The molecule has 0 bridgehead atoms. The van der Waals surface area contributed by atoms with Gasteiger partial charge in [0.2, 0.25) is 0 Å². The van der Waals surface area contributed by atoms with E-state index >= 15 is 0 Å². The smallest absolute Gasteiger partial charge is 0.0767 e. The highest BCUT2D eigenvalue weighted by Gasteiger charge is 2.16. The number of rotatable bonds is 7. The van der Waals surface area contributed by atoms with Crippen LogP contribution in [0.5, 0.6) is 0 Å². The molecule has 0 saturated heterocycles. The van der Waals surface area contributed by atoms with Gasteiger partial charge in [-0.05, 0) is 40.2 Å². The van der Waals surface area contributed by atoms with E-state index in [1.54, 1.807) is 0 Å². The molecule has 2 aromatic heterocycles. The molecule has 0 spiro atoms. The van der Waals surface area contributed by atoms with Gasteiger partial charge in [-0.25, -0.2) is 0 Å². The molecule has 0 aliphatic rings. The summed E-state index contributed by atoms with van der Waals surface area (Å²) in [5, 5.41) is 10.4. The highest BCUT2D eigenvalue weighted by Crippen LogP contribution is 2.26. The van der Waals surface area contributed by atoms with Gasteiger partial charge in [0.05, 0.1) is 15.9 Å². The Balaban J connectivity index is 2.08. The van der Waals surface area contributed by atoms with Gasteiger partial charge in [-0.1, -0.05) is 26.3 Å². The van der Waals surface area contributed by atoms with Crippen LogP contribution in [0.2, 0.25) is 0 Å². The molecule has 0 amide bonds. The van der Waals surface area contributed by atoms with Gasteiger partial charge in [-0.2, -0.15) is 5.10 Å². The summed E-state index contributed by atoms with van der Waals surface area (Å²) in [6.45, 7) is 5.21. The van der Waals surface area contributed by atoms with Crippen molar-refractivity contribution in [2.24, 2.45) is 7.05 Å². The first-order chi connectivity index (χ1) is 9.67. The summed E-state index contributed by atoms with van der Waals surface area (Å²) < 4.78 is 3.13. The van der Waals surface area contributed by atoms with E-state index in [9.17, 15) is 0 Å². The highest BCUT2D eigenvalue weighted by atomic mass is 79.9. The van der Waals surface area contributed by atoms with Crippen molar-refractivity contribution in [2.75, 3.05) is 0 Å². The van der Waals surface area contributed by atoms with E-state index in [1.165, 1.54) is 17.0 Å². The molecule has 0 fully saturated rings. The molecule has 5 heteroatoms. The fraction of sp³-hybridized carbons (Fsp3) is 0.533. The van der Waals surface area contributed by atoms with Gasteiger partial charge >= 0.3 is 0 Å². The van der Waals surface area contributed by atoms with Crippen molar-refractivity contribution in [3.05, 3.63) is 38.3 Å². The zero-order valence-electron chi connectivity index (χ0n) is 12.3. The number of hydrogen-bond donors (Lipinski definition) is 1. The number of nitrogens with one attached hydrogen (secondary N) is 1. The minimum absolute atomic E-state index is 0.437. The van der Waals surface area contributed by atoms with Gasteiger partial charge in [0, 0.05) is 24.5 Å². The van der Waals surface area contributed by atoms with Crippen molar-refractivity contribution in [2.45, 2.75) is 45.7 Å². The van der Waals surface area contributed by atoms with Crippen LogP contribution in [0.3, 0.4) is 0 Å². The predicted octanol–water partition coefficient (Wildman–Crippen LogP) is 4.44. The van der Waals surface area contributed by atoms with Crippen molar-refractivity contribution in [3.8, 4) is 0 Å². The minimum Gasteiger partial charge on any atom is -0.304 e. The number of halogens is 1. The van der Waals surface area contributed by atoms with E-state index in [0.29, 0.717) is 6.04 Å². The first-order valence-corrected chi connectivity index (χ1v) is 8.81. The largest absolute Gasteiger partial charge is 0.304 e. The molecule has 3 nitrogen and oxygen atoms in total. The first-order valence-electron chi connectivity index (χ1n) is 7.14. The summed E-state index contributed by atoms with van der Waals surface area (Å²) in [6, 6.07) is 4.78. The number of hydrogen-bond acceptors (Lipinski definition) is 3. The van der Waals surface area contributed by atoms with E-state index < -0.39 is 0 Å². The molecule has 0 aliphatic carbocycles. The van der Waals surface area contributed by atoms with Crippen molar-refractivity contribution in [3.63, 3.8) is 0 Å². The molecular weight excluding hydrogens is 334 g/mol. The average Bonchev–Trinajstić information content (AvgIpc) is 3.05. The summed E-state index contributed by atoms with van der Waals surface area (Å²) >= 11 is 5.51. The van der Waals surface area contributed by atoms with Gasteiger partial charge in [0.1, 0.15) is 0 Å². The molecule has 0 radical (unpaired) electrons. The molecule has 0 aromatic carbocycles. The number of nitrogens with zero attached hydrogens (tertiary/aromatic N) is 2. The molecule has 1 N–H and O–H groups in total. The van der Waals surface area contributed by atoms with E-state index in [2.05, 4.69) is 57.7 Å². The monoisotopic (exact) mass is 355 g/mol. The molecule has 2 rings (SSSR count). The minimum atomic E-state index is 0.437. The van der Waals surface area contributed by atoms with Crippen molar-refractivity contribution >= 4 is 27.3 Å². The highest BCUT2D eigenvalue weighted by molar-refractivity contribution is 9.10. The van der Waals surface area contributed by atoms with E-state index in [4.69, 9.17) is 0 Å². The maximum absolute atomic E-state index is 4.55. The van der Waals surface area contributed by atoms with Crippen LogP contribution in [-0.4, -0.2) is 9.78 Å². The molecule has 2 heterocycles. The maximum atomic E-state index is 4.55. The Morgan fingerprint density at radius 3 is 2.80 bits per heavy atom. The van der Waals surface area contributed by atoms with Crippen LogP contribution >= 0.6 is 27.3 Å². The quantitative estimate of drug-likeness (QED) is 0.795. The lowest BCUT2D eigenvalue weighted by molar-refractivity contribution is 0.486. The summed E-state index contributed by atoms with van der Waals surface area (Å²) in [4.78, 5) is 1.42. The van der Waals surface area contributed by atoms with Crippen molar-refractivity contribution < 1.29 is 0 Å². The fourth-order valence-corrected chi connectivity index (χ4v) is 3.95. The van der Waals surface area contributed by atoms with Crippen LogP contribution in [0.1, 0.15) is 49.0 Å². The molecule has 1 unspecified atom stereocenters. The lowest BCUT2D eigenvalue weighted by Crippen LogP contribution is -2.21. The zero-order chi connectivity index (χ0) is 14.5. The van der Waals surface area contributed by atoms with Crippen molar-refractivity contribution in [1.82, 2.24) is 15.1 Å². The number of aromatic nitrogens is 2. The SMILES string of the molecule is CCCC(NCc1c(Br)c(CC)nn1C)c1cccs1. The summed E-state index contributed by atoms with van der Waals surface area (Å²) in [6.07, 6.45) is 3.30. The molecule has 0 saturated carbocycles. The van der Waals surface area contributed by atoms with Crippen LogP contribution in [0, 0.1) is 0 Å². The fourth-order valence-electron chi connectivity index (χ4n) is 2.35. The summed E-state index contributed by atoms with van der Waals surface area (Å²) in [5.41, 5.74) is 2.35. The Morgan fingerprint density at radius 2 is 2.25 bits per heavy atom.